The highest BCUT2D eigenvalue weighted by atomic mass is 16.3. The second-order valence-corrected chi connectivity index (χ2v) is 4.70. The lowest BCUT2D eigenvalue weighted by molar-refractivity contribution is -0.923. The Balaban J connectivity index is 2.25. The number of hydrogen-bond acceptors (Lipinski definition) is 1. The van der Waals surface area contributed by atoms with Crippen LogP contribution >= 0.6 is 0 Å². The summed E-state index contributed by atoms with van der Waals surface area (Å²) in [6.07, 6.45) is 0.787. The van der Waals surface area contributed by atoms with Crippen molar-refractivity contribution in [2.45, 2.75) is 25.5 Å². The molecule has 2 nitrogen and oxygen atoms in total. The molecule has 0 aliphatic carbocycles. The summed E-state index contributed by atoms with van der Waals surface area (Å²) in [5, 5.41) is 9.91. The summed E-state index contributed by atoms with van der Waals surface area (Å²) in [5.41, 5.74) is 1.35. The summed E-state index contributed by atoms with van der Waals surface area (Å²) in [4.78, 5) is 1.51. The minimum atomic E-state index is -0.140. The second kappa shape index (κ2) is 4.33. The van der Waals surface area contributed by atoms with E-state index in [2.05, 4.69) is 38.2 Å². The first-order valence-corrected chi connectivity index (χ1v) is 5.75. The van der Waals surface area contributed by atoms with E-state index in [0.29, 0.717) is 12.0 Å². The van der Waals surface area contributed by atoms with Gasteiger partial charge in [0.2, 0.25) is 0 Å². The van der Waals surface area contributed by atoms with Crippen molar-refractivity contribution in [3.63, 3.8) is 0 Å². The maximum Gasteiger partial charge on any atom is 0.118 e. The van der Waals surface area contributed by atoms with Crippen LogP contribution in [0, 0.1) is 5.92 Å². The Morgan fingerprint density at radius 3 is 2.60 bits per heavy atom. The number of aliphatic hydroxyl groups is 1. The van der Waals surface area contributed by atoms with Crippen LogP contribution in [0.25, 0.3) is 0 Å². The molecule has 15 heavy (non-hydrogen) atoms. The smallest absolute Gasteiger partial charge is 0.118 e. The van der Waals surface area contributed by atoms with Gasteiger partial charge in [-0.15, -0.1) is 0 Å². The van der Waals surface area contributed by atoms with Crippen molar-refractivity contribution in [2.75, 3.05) is 13.6 Å². The van der Waals surface area contributed by atoms with E-state index >= 15 is 0 Å². The van der Waals surface area contributed by atoms with E-state index in [1.165, 1.54) is 10.5 Å². The SMILES string of the molecule is C[C@@H]1[C@H](O)CC[NH+](C)[C@@H]1c1ccccc1. The largest absolute Gasteiger partial charge is 0.392 e. The molecule has 4 atom stereocenters. The molecular formula is C13H20NO+. The van der Waals surface area contributed by atoms with Crippen LogP contribution in [0.2, 0.25) is 0 Å². The zero-order valence-corrected chi connectivity index (χ0v) is 9.48. The van der Waals surface area contributed by atoms with E-state index in [1.807, 2.05) is 6.07 Å². The van der Waals surface area contributed by atoms with Gasteiger partial charge < -0.3 is 10.0 Å². The third-order valence-corrected chi connectivity index (χ3v) is 3.66. The van der Waals surface area contributed by atoms with Gasteiger partial charge in [-0.05, 0) is 0 Å². The molecule has 1 heterocycles. The van der Waals surface area contributed by atoms with Gasteiger partial charge in [0.1, 0.15) is 6.04 Å². The Morgan fingerprint density at radius 1 is 1.27 bits per heavy atom. The van der Waals surface area contributed by atoms with Crippen molar-refractivity contribution < 1.29 is 10.0 Å². The predicted molar refractivity (Wildman–Crippen MR) is 60.7 cm³/mol. The van der Waals surface area contributed by atoms with Crippen molar-refractivity contribution >= 4 is 0 Å². The van der Waals surface area contributed by atoms with Crippen LogP contribution in [0.5, 0.6) is 0 Å². The van der Waals surface area contributed by atoms with E-state index in [0.717, 1.165) is 13.0 Å². The molecule has 1 saturated heterocycles. The maximum absolute atomic E-state index is 9.91. The average Bonchev–Trinajstić information content (AvgIpc) is 2.26. The molecule has 1 fully saturated rings. The van der Waals surface area contributed by atoms with Crippen molar-refractivity contribution in [3.8, 4) is 0 Å². The average molecular weight is 206 g/mol. The van der Waals surface area contributed by atoms with Gasteiger partial charge in [-0.25, -0.2) is 0 Å². The molecule has 0 bridgehead atoms. The lowest BCUT2D eigenvalue weighted by Gasteiger charge is -2.37. The molecule has 1 aliphatic heterocycles. The molecule has 0 aromatic heterocycles. The van der Waals surface area contributed by atoms with E-state index < -0.39 is 0 Å². The number of aliphatic hydroxyl groups excluding tert-OH is 1. The third kappa shape index (κ3) is 2.06. The first kappa shape index (κ1) is 10.7. The number of hydrogen-bond donors (Lipinski definition) is 2. The molecule has 82 valence electrons. The normalized spacial score (nSPS) is 36.5. The Labute approximate surface area is 91.5 Å². The Kier molecular flexibility index (Phi) is 3.08. The summed E-state index contributed by atoms with van der Waals surface area (Å²) in [7, 11) is 2.22. The zero-order valence-electron chi connectivity index (χ0n) is 9.48. The molecule has 2 heteroatoms. The Bertz CT molecular complexity index is 312. The van der Waals surface area contributed by atoms with E-state index in [4.69, 9.17) is 0 Å². The molecule has 2 N–H and O–H groups in total. The van der Waals surface area contributed by atoms with Crippen molar-refractivity contribution in [1.82, 2.24) is 0 Å². The number of rotatable bonds is 1. The maximum atomic E-state index is 9.91. The predicted octanol–water partition coefficient (Wildman–Crippen LogP) is 0.643. The number of quaternary nitrogens is 1. The van der Waals surface area contributed by atoms with Crippen molar-refractivity contribution in [2.24, 2.45) is 5.92 Å². The highest BCUT2D eigenvalue weighted by Crippen LogP contribution is 2.25. The molecule has 0 spiro atoms. The van der Waals surface area contributed by atoms with Gasteiger partial charge >= 0.3 is 0 Å². The molecule has 1 unspecified atom stereocenters. The Morgan fingerprint density at radius 2 is 1.93 bits per heavy atom. The minimum Gasteiger partial charge on any atom is -0.392 e. The van der Waals surface area contributed by atoms with Gasteiger partial charge in [0, 0.05) is 17.9 Å². The van der Waals surface area contributed by atoms with Gasteiger partial charge in [-0.1, -0.05) is 37.3 Å². The number of benzene rings is 1. The molecule has 1 aromatic rings. The van der Waals surface area contributed by atoms with Gasteiger partial charge in [-0.2, -0.15) is 0 Å². The van der Waals surface area contributed by atoms with Crippen LogP contribution < -0.4 is 4.90 Å². The topological polar surface area (TPSA) is 24.7 Å². The van der Waals surface area contributed by atoms with Crippen LogP contribution in [-0.2, 0) is 0 Å². The summed E-state index contributed by atoms with van der Waals surface area (Å²) in [5.74, 6) is 0.348. The number of likely N-dealkylation sites (tertiary alicyclic amines) is 1. The quantitative estimate of drug-likeness (QED) is 0.692. The van der Waals surface area contributed by atoms with Gasteiger partial charge in [0.05, 0.1) is 19.7 Å². The lowest BCUT2D eigenvalue weighted by Crippen LogP contribution is -3.11. The van der Waals surface area contributed by atoms with E-state index in [-0.39, 0.29) is 6.10 Å². The van der Waals surface area contributed by atoms with Gasteiger partial charge in [0.25, 0.3) is 0 Å². The van der Waals surface area contributed by atoms with Crippen LogP contribution in [0.1, 0.15) is 24.9 Å². The van der Waals surface area contributed by atoms with Gasteiger partial charge in [-0.3, -0.25) is 0 Å². The first-order valence-electron chi connectivity index (χ1n) is 5.75. The molecule has 2 rings (SSSR count). The van der Waals surface area contributed by atoms with Crippen molar-refractivity contribution in [3.05, 3.63) is 35.9 Å². The Hall–Kier alpha value is -0.860. The molecule has 0 amide bonds. The second-order valence-electron chi connectivity index (χ2n) is 4.70. The van der Waals surface area contributed by atoms with Crippen LogP contribution in [-0.4, -0.2) is 24.8 Å². The molecule has 0 saturated carbocycles. The summed E-state index contributed by atoms with van der Waals surface area (Å²) in [6.45, 7) is 3.22. The van der Waals surface area contributed by atoms with Crippen LogP contribution in [0.4, 0.5) is 0 Å². The summed E-state index contributed by atoms with van der Waals surface area (Å²) in [6, 6.07) is 11.0. The standard InChI is InChI=1S/C13H19NO/c1-10-12(15)8-9-14(2)13(10)11-6-4-3-5-7-11/h3-7,10,12-13,15H,8-9H2,1-2H3/p+1/t10-,12-,13+/m1/s1. The third-order valence-electron chi connectivity index (χ3n) is 3.66. The summed E-state index contributed by atoms with van der Waals surface area (Å²) >= 11 is 0. The number of piperidine rings is 1. The number of nitrogens with one attached hydrogen (secondary N) is 1. The fourth-order valence-corrected chi connectivity index (χ4v) is 2.71. The van der Waals surface area contributed by atoms with Crippen LogP contribution in [0.3, 0.4) is 0 Å². The van der Waals surface area contributed by atoms with Crippen LogP contribution in [0.15, 0.2) is 30.3 Å². The van der Waals surface area contributed by atoms with E-state index in [1.54, 1.807) is 0 Å². The molecule has 0 radical (unpaired) electrons. The van der Waals surface area contributed by atoms with Gasteiger partial charge in [0.15, 0.2) is 0 Å². The highest BCUT2D eigenvalue weighted by molar-refractivity contribution is 5.18. The fourth-order valence-electron chi connectivity index (χ4n) is 2.71. The highest BCUT2D eigenvalue weighted by Gasteiger charge is 2.36. The molecular weight excluding hydrogens is 186 g/mol. The van der Waals surface area contributed by atoms with E-state index in [9.17, 15) is 5.11 Å². The molecule has 1 aromatic carbocycles. The molecule has 1 aliphatic rings. The van der Waals surface area contributed by atoms with Crippen molar-refractivity contribution in [1.29, 1.82) is 0 Å². The fraction of sp³-hybridized carbons (Fsp3) is 0.538. The zero-order chi connectivity index (χ0) is 10.8. The minimum absolute atomic E-state index is 0.140. The summed E-state index contributed by atoms with van der Waals surface area (Å²) < 4.78 is 0. The first-order chi connectivity index (χ1) is 7.20. The lowest BCUT2D eigenvalue weighted by atomic mass is 9.84. The monoisotopic (exact) mass is 206 g/mol.